The van der Waals surface area contributed by atoms with Gasteiger partial charge in [-0.1, -0.05) is 18.2 Å². The molecule has 0 bridgehead atoms. The minimum atomic E-state index is -1.06. The first kappa shape index (κ1) is 26.0. The molecule has 9 nitrogen and oxygen atoms in total. The number of carbonyl (C=O) groups excluding carboxylic acids is 2. The van der Waals surface area contributed by atoms with Gasteiger partial charge in [-0.3, -0.25) is 4.79 Å². The molecule has 0 aliphatic heterocycles. The van der Waals surface area contributed by atoms with E-state index in [1.807, 2.05) is 42.1 Å². The fourth-order valence-corrected chi connectivity index (χ4v) is 2.52. The molecule has 0 saturated carbocycles. The highest BCUT2D eigenvalue weighted by molar-refractivity contribution is 5.85. The van der Waals surface area contributed by atoms with Crippen LogP contribution >= 0.6 is 0 Å². The second-order valence-corrected chi connectivity index (χ2v) is 8.96. The zero-order valence-electron chi connectivity index (χ0n) is 19.1. The fourth-order valence-electron chi connectivity index (χ4n) is 2.52. The van der Waals surface area contributed by atoms with Gasteiger partial charge in [-0.25, -0.2) is 9.59 Å². The van der Waals surface area contributed by atoms with Crippen LogP contribution in [-0.2, 0) is 32.5 Å². The monoisotopic (exact) mass is 436 g/mol. The third-order valence-electron chi connectivity index (χ3n) is 3.68. The number of aliphatic carboxylic acids is 1. The number of carboxylic acids is 1. The molecule has 0 amide bonds. The number of para-hydroxylation sites is 1. The average molecular weight is 437 g/mol. The molecule has 1 aromatic carbocycles. The van der Waals surface area contributed by atoms with Gasteiger partial charge < -0.3 is 29.6 Å². The van der Waals surface area contributed by atoms with Gasteiger partial charge >= 0.3 is 18.3 Å². The third kappa shape index (κ3) is 9.52. The lowest BCUT2D eigenvalue weighted by atomic mass is 10.1. The molecule has 0 saturated heterocycles. The molecule has 172 valence electrons. The number of carboxylic acid groups (broad SMARTS) is 1. The number of benzene rings is 1. The zero-order chi connectivity index (χ0) is 24.0. The van der Waals surface area contributed by atoms with Gasteiger partial charge in [-0.2, -0.15) is 0 Å². The van der Waals surface area contributed by atoms with Crippen molar-refractivity contribution in [1.82, 2.24) is 4.57 Å². The van der Waals surface area contributed by atoms with Gasteiger partial charge in [-0.05, 0) is 53.2 Å². The van der Waals surface area contributed by atoms with E-state index in [4.69, 9.17) is 20.3 Å². The Labute approximate surface area is 182 Å². The van der Waals surface area contributed by atoms with E-state index in [1.54, 1.807) is 41.5 Å². The fraction of sp³-hybridized carbons (Fsp3) is 0.500. The number of ether oxygens (including phenoxy) is 3. The summed E-state index contributed by atoms with van der Waals surface area (Å²) in [5.41, 5.74) is 6.22. The van der Waals surface area contributed by atoms with Crippen LogP contribution in [0.5, 0.6) is 0 Å². The van der Waals surface area contributed by atoms with Crippen molar-refractivity contribution in [2.45, 2.75) is 65.2 Å². The van der Waals surface area contributed by atoms with Crippen molar-refractivity contribution in [3.63, 3.8) is 0 Å². The largest absolute Gasteiger partial charge is 0.519 e. The Morgan fingerprint density at radius 1 is 1.00 bits per heavy atom. The number of aromatic nitrogens is 1. The first-order chi connectivity index (χ1) is 14.1. The van der Waals surface area contributed by atoms with Crippen molar-refractivity contribution in [3.05, 3.63) is 36.0 Å². The van der Waals surface area contributed by atoms with Crippen molar-refractivity contribution in [3.8, 4) is 0 Å². The summed E-state index contributed by atoms with van der Waals surface area (Å²) in [7, 11) is 1.94. The molecule has 3 N–H and O–H groups in total. The van der Waals surface area contributed by atoms with Gasteiger partial charge in [0.05, 0.1) is 0 Å². The van der Waals surface area contributed by atoms with Crippen LogP contribution in [0.3, 0.4) is 0 Å². The molecule has 1 heterocycles. The lowest BCUT2D eigenvalue weighted by molar-refractivity contribution is -0.138. The number of fused-ring (bicyclic) bond motifs is 1. The van der Waals surface area contributed by atoms with Crippen molar-refractivity contribution in [2.24, 2.45) is 12.8 Å². The van der Waals surface area contributed by atoms with E-state index >= 15 is 0 Å². The average Bonchev–Trinajstić information content (AvgIpc) is 2.88. The molecule has 1 unspecified atom stereocenters. The summed E-state index contributed by atoms with van der Waals surface area (Å²) in [5.74, 6) is -0.965. The Morgan fingerprint density at radius 3 is 1.94 bits per heavy atom. The van der Waals surface area contributed by atoms with Gasteiger partial charge in [0, 0.05) is 30.6 Å². The second-order valence-electron chi connectivity index (χ2n) is 8.96. The van der Waals surface area contributed by atoms with Crippen LogP contribution in [0.15, 0.2) is 30.5 Å². The van der Waals surface area contributed by atoms with Gasteiger partial charge in [0.15, 0.2) is 0 Å². The van der Waals surface area contributed by atoms with Crippen LogP contribution in [0.1, 0.15) is 47.1 Å². The Hall–Kier alpha value is -3.07. The van der Waals surface area contributed by atoms with Crippen LogP contribution in [-0.4, -0.2) is 45.2 Å². The molecule has 2 aromatic rings. The second kappa shape index (κ2) is 10.3. The quantitative estimate of drug-likeness (QED) is 0.545. The maximum Gasteiger partial charge on any atom is 0.519 e. The summed E-state index contributed by atoms with van der Waals surface area (Å²) in [6.45, 7) is 10.0. The summed E-state index contributed by atoms with van der Waals surface area (Å²) < 4.78 is 15.8. The van der Waals surface area contributed by atoms with E-state index in [0.717, 1.165) is 16.5 Å². The molecular formula is C22H32N2O7. The smallest absolute Gasteiger partial charge is 0.480 e. The van der Waals surface area contributed by atoms with Gasteiger partial charge in [0.2, 0.25) is 0 Å². The molecule has 0 aliphatic rings. The molecular weight excluding hydrogens is 404 g/mol. The summed E-state index contributed by atoms with van der Waals surface area (Å²) in [5, 5.41) is 9.86. The lowest BCUT2D eigenvalue weighted by Crippen LogP contribution is -2.32. The predicted molar refractivity (Wildman–Crippen MR) is 116 cm³/mol. The molecule has 0 fully saturated rings. The van der Waals surface area contributed by atoms with E-state index in [-0.39, 0.29) is 0 Å². The van der Waals surface area contributed by atoms with E-state index in [0.29, 0.717) is 6.42 Å². The highest BCUT2D eigenvalue weighted by Crippen LogP contribution is 2.21. The Balaban J connectivity index is 0.000000311. The molecule has 0 aliphatic carbocycles. The van der Waals surface area contributed by atoms with Crippen LogP contribution in [0.4, 0.5) is 9.59 Å². The normalized spacial score (nSPS) is 12.4. The van der Waals surface area contributed by atoms with E-state index in [1.165, 1.54) is 0 Å². The number of rotatable bonds is 3. The van der Waals surface area contributed by atoms with Crippen molar-refractivity contribution >= 4 is 29.2 Å². The summed E-state index contributed by atoms with van der Waals surface area (Å²) >= 11 is 0. The number of aryl methyl sites for hydroxylation is 1. The Morgan fingerprint density at radius 2 is 1.48 bits per heavy atom. The molecule has 0 spiro atoms. The highest BCUT2D eigenvalue weighted by atomic mass is 16.8. The number of hydrogen-bond acceptors (Lipinski definition) is 7. The van der Waals surface area contributed by atoms with Crippen molar-refractivity contribution < 1.29 is 33.7 Å². The molecule has 9 heteroatoms. The van der Waals surface area contributed by atoms with E-state index in [9.17, 15) is 14.4 Å². The maximum absolute atomic E-state index is 11.0. The van der Waals surface area contributed by atoms with Crippen LogP contribution in [0.25, 0.3) is 10.9 Å². The number of carbonyl (C=O) groups is 3. The first-order valence-corrected chi connectivity index (χ1v) is 9.74. The highest BCUT2D eigenvalue weighted by Gasteiger charge is 2.24. The zero-order valence-corrected chi connectivity index (χ0v) is 19.1. The lowest BCUT2D eigenvalue weighted by Gasteiger charge is -2.20. The topological polar surface area (TPSA) is 130 Å². The summed E-state index contributed by atoms with van der Waals surface area (Å²) in [6.07, 6.45) is 0.179. The molecule has 0 radical (unpaired) electrons. The van der Waals surface area contributed by atoms with E-state index < -0.39 is 35.5 Å². The van der Waals surface area contributed by atoms with Crippen LogP contribution < -0.4 is 5.73 Å². The number of nitrogens with zero attached hydrogens (tertiary/aromatic N) is 1. The molecule has 1 aromatic heterocycles. The molecule has 2 rings (SSSR count). The van der Waals surface area contributed by atoms with Gasteiger partial charge in [0.25, 0.3) is 0 Å². The van der Waals surface area contributed by atoms with Crippen LogP contribution in [0.2, 0.25) is 0 Å². The SMILES string of the molecule is CC(C)(C)OC(=O)OC(=O)OC(C)(C)C.Cn1cc(CC(N)C(=O)O)c2ccccc21. The predicted octanol–water partition coefficient (Wildman–Crippen LogP) is 4.01. The Bertz CT molecular complexity index is 894. The van der Waals surface area contributed by atoms with Crippen molar-refractivity contribution in [1.29, 1.82) is 0 Å². The minimum absolute atomic E-state index is 0.358. The number of nitrogens with two attached hydrogens (primary N) is 1. The van der Waals surface area contributed by atoms with Crippen molar-refractivity contribution in [2.75, 3.05) is 0 Å². The van der Waals surface area contributed by atoms with Crippen LogP contribution in [0, 0.1) is 0 Å². The first-order valence-electron chi connectivity index (χ1n) is 9.74. The van der Waals surface area contributed by atoms with Gasteiger partial charge in [-0.15, -0.1) is 0 Å². The third-order valence-corrected chi connectivity index (χ3v) is 3.68. The van der Waals surface area contributed by atoms with Gasteiger partial charge in [0.1, 0.15) is 17.2 Å². The summed E-state index contributed by atoms with van der Waals surface area (Å²) in [4.78, 5) is 32.7. The summed E-state index contributed by atoms with van der Waals surface area (Å²) in [6, 6.07) is 7.05. The maximum atomic E-state index is 11.0. The Kier molecular flexibility index (Phi) is 8.63. The minimum Gasteiger partial charge on any atom is -0.480 e. The molecule has 31 heavy (non-hydrogen) atoms. The molecule has 1 atom stereocenters. The number of hydrogen-bond donors (Lipinski definition) is 2. The van der Waals surface area contributed by atoms with E-state index in [2.05, 4.69) is 4.74 Å². The standard InChI is InChI=1S/C12H14N2O2.C10H18O5/c1-14-7-8(6-10(13)12(15)16)9-4-2-3-5-11(9)14;1-9(2,3)14-7(11)13-8(12)15-10(4,5)6/h2-5,7,10H,6,13H2,1H3,(H,15,16);1-6H3.